The minimum Gasteiger partial charge on any atom is -0.468 e. The van der Waals surface area contributed by atoms with Crippen LogP contribution in [0.1, 0.15) is 25.7 Å². The molecule has 0 aliphatic heterocycles. The number of unbranched alkanes of at least 4 members (excludes halogenated alkanes) is 3. The van der Waals surface area contributed by atoms with Gasteiger partial charge in [-0.15, -0.1) is 0 Å². The maximum atomic E-state index is 10.9. The van der Waals surface area contributed by atoms with Crippen molar-refractivity contribution in [2.75, 3.05) is 25.2 Å². The zero-order chi connectivity index (χ0) is 11.5. The third-order valence-corrected chi connectivity index (χ3v) is 3.17. The van der Waals surface area contributed by atoms with Gasteiger partial charge in [-0.2, -0.15) is 11.8 Å². The van der Waals surface area contributed by atoms with E-state index < -0.39 is 6.04 Å². The average Bonchev–Trinajstić information content (AvgIpc) is 2.26. The van der Waals surface area contributed by atoms with E-state index in [0.717, 1.165) is 31.4 Å². The molecule has 0 aromatic rings. The molecule has 0 aromatic heterocycles. The molecule has 0 fully saturated rings. The number of carbonyl (C=O) groups excluding carboxylic acids is 1. The predicted octanol–water partition coefficient (Wildman–Crippen LogP) is 0.773. The summed E-state index contributed by atoms with van der Waals surface area (Å²) in [7, 11) is 1.35. The van der Waals surface area contributed by atoms with Crippen LogP contribution >= 0.6 is 11.8 Å². The first-order valence-corrected chi connectivity index (χ1v) is 6.40. The van der Waals surface area contributed by atoms with E-state index in [1.165, 1.54) is 7.11 Å². The number of nitrogens with two attached hydrogens (primary N) is 1. The Hall–Kier alpha value is -0.260. The fraction of sp³-hybridized carbons (Fsp3) is 0.900. The van der Waals surface area contributed by atoms with E-state index in [-0.39, 0.29) is 12.6 Å². The minimum absolute atomic E-state index is 0.278. The van der Waals surface area contributed by atoms with Gasteiger partial charge < -0.3 is 15.6 Å². The van der Waals surface area contributed by atoms with Gasteiger partial charge in [-0.3, -0.25) is 4.79 Å². The summed E-state index contributed by atoms with van der Waals surface area (Å²) in [6.45, 7) is 0.278. The third kappa shape index (κ3) is 8.72. The third-order valence-electron chi connectivity index (χ3n) is 2.00. The number of thioether (sulfide) groups is 1. The van der Waals surface area contributed by atoms with E-state index in [0.29, 0.717) is 5.75 Å². The van der Waals surface area contributed by atoms with Crippen molar-refractivity contribution in [2.45, 2.75) is 31.7 Å². The molecule has 5 heteroatoms. The standard InChI is InChI=1S/C10H21NO3S/c1-14-10(13)9(11)8-15-7-5-3-2-4-6-12/h9,12H,2-8,11H2,1H3. The van der Waals surface area contributed by atoms with Gasteiger partial charge in [-0.05, 0) is 18.6 Å². The SMILES string of the molecule is COC(=O)C(N)CSCCCCCCO. The Kier molecular flexibility index (Phi) is 10.1. The highest BCUT2D eigenvalue weighted by atomic mass is 32.2. The van der Waals surface area contributed by atoms with Crippen molar-refractivity contribution < 1.29 is 14.6 Å². The number of aliphatic hydroxyl groups is 1. The van der Waals surface area contributed by atoms with Gasteiger partial charge in [0, 0.05) is 12.4 Å². The van der Waals surface area contributed by atoms with Crippen LogP contribution in [0, 0.1) is 0 Å². The van der Waals surface area contributed by atoms with Crippen molar-refractivity contribution in [3.63, 3.8) is 0 Å². The average molecular weight is 235 g/mol. The van der Waals surface area contributed by atoms with E-state index in [4.69, 9.17) is 10.8 Å². The molecule has 4 nitrogen and oxygen atoms in total. The predicted molar refractivity (Wildman–Crippen MR) is 62.9 cm³/mol. The largest absolute Gasteiger partial charge is 0.468 e. The molecule has 0 aromatic carbocycles. The summed E-state index contributed by atoms with van der Waals surface area (Å²) >= 11 is 1.67. The van der Waals surface area contributed by atoms with Crippen LogP contribution < -0.4 is 5.73 Å². The van der Waals surface area contributed by atoms with Crippen molar-refractivity contribution in [3.05, 3.63) is 0 Å². The fourth-order valence-corrected chi connectivity index (χ4v) is 2.06. The first-order chi connectivity index (χ1) is 7.22. The van der Waals surface area contributed by atoms with E-state index in [2.05, 4.69) is 4.74 Å². The number of aliphatic hydroxyl groups excluding tert-OH is 1. The van der Waals surface area contributed by atoms with E-state index in [1.807, 2.05) is 0 Å². The molecule has 0 amide bonds. The maximum absolute atomic E-state index is 10.9. The van der Waals surface area contributed by atoms with Crippen LogP contribution in [0.25, 0.3) is 0 Å². The van der Waals surface area contributed by atoms with Gasteiger partial charge in [0.15, 0.2) is 0 Å². The van der Waals surface area contributed by atoms with E-state index in [9.17, 15) is 4.79 Å². The second-order valence-corrected chi connectivity index (χ2v) is 4.49. The van der Waals surface area contributed by atoms with Crippen LogP contribution in [0.15, 0.2) is 0 Å². The van der Waals surface area contributed by atoms with E-state index >= 15 is 0 Å². The van der Waals surface area contributed by atoms with Gasteiger partial charge >= 0.3 is 5.97 Å². The van der Waals surface area contributed by atoms with Gasteiger partial charge in [0.2, 0.25) is 0 Å². The van der Waals surface area contributed by atoms with Gasteiger partial charge in [0.1, 0.15) is 6.04 Å². The first-order valence-electron chi connectivity index (χ1n) is 5.24. The van der Waals surface area contributed by atoms with Crippen LogP contribution in [-0.4, -0.2) is 42.3 Å². The molecule has 1 atom stereocenters. The Morgan fingerprint density at radius 1 is 1.40 bits per heavy atom. The molecule has 0 saturated heterocycles. The zero-order valence-electron chi connectivity index (χ0n) is 9.28. The molecule has 0 bridgehead atoms. The second-order valence-electron chi connectivity index (χ2n) is 3.34. The highest BCUT2D eigenvalue weighted by Crippen LogP contribution is 2.08. The van der Waals surface area contributed by atoms with Crippen molar-refractivity contribution in [1.82, 2.24) is 0 Å². The summed E-state index contributed by atoms with van der Waals surface area (Å²) in [4.78, 5) is 10.9. The van der Waals surface area contributed by atoms with Gasteiger partial charge in [0.25, 0.3) is 0 Å². The minimum atomic E-state index is -0.502. The Morgan fingerprint density at radius 2 is 2.07 bits per heavy atom. The Morgan fingerprint density at radius 3 is 2.67 bits per heavy atom. The second kappa shape index (κ2) is 10.3. The summed E-state index contributed by atoms with van der Waals surface area (Å²) in [5, 5.41) is 8.56. The van der Waals surface area contributed by atoms with Crippen LogP contribution in [0.4, 0.5) is 0 Å². The summed E-state index contributed by atoms with van der Waals surface area (Å²) < 4.78 is 4.52. The van der Waals surface area contributed by atoms with Gasteiger partial charge in [0.05, 0.1) is 7.11 Å². The lowest BCUT2D eigenvalue weighted by Gasteiger charge is -2.08. The molecule has 0 heterocycles. The first kappa shape index (κ1) is 14.7. The summed E-state index contributed by atoms with van der Waals surface area (Å²) in [5.74, 6) is 1.28. The Bertz CT molecular complexity index is 167. The molecule has 0 rings (SSSR count). The van der Waals surface area contributed by atoms with Crippen LogP contribution in [0.5, 0.6) is 0 Å². The molecule has 0 radical (unpaired) electrons. The lowest BCUT2D eigenvalue weighted by atomic mass is 10.2. The highest BCUT2D eigenvalue weighted by Gasteiger charge is 2.12. The van der Waals surface area contributed by atoms with Crippen LogP contribution in [0.3, 0.4) is 0 Å². The van der Waals surface area contributed by atoms with Crippen molar-refractivity contribution >= 4 is 17.7 Å². The topological polar surface area (TPSA) is 72.5 Å². The highest BCUT2D eigenvalue weighted by molar-refractivity contribution is 7.99. The Balaban J connectivity index is 3.20. The molecular weight excluding hydrogens is 214 g/mol. The van der Waals surface area contributed by atoms with Crippen molar-refractivity contribution in [1.29, 1.82) is 0 Å². The van der Waals surface area contributed by atoms with Crippen LogP contribution in [0.2, 0.25) is 0 Å². The number of methoxy groups -OCH3 is 1. The normalized spacial score (nSPS) is 12.5. The smallest absolute Gasteiger partial charge is 0.323 e. The molecule has 1 unspecified atom stereocenters. The van der Waals surface area contributed by atoms with Crippen molar-refractivity contribution in [2.24, 2.45) is 5.73 Å². The summed E-state index contributed by atoms with van der Waals surface area (Å²) in [6, 6.07) is -0.502. The number of ether oxygens (including phenoxy) is 1. The monoisotopic (exact) mass is 235 g/mol. The number of hydrogen-bond acceptors (Lipinski definition) is 5. The number of esters is 1. The molecule has 90 valence electrons. The fourth-order valence-electron chi connectivity index (χ4n) is 1.10. The number of rotatable bonds is 9. The maximum Gasteiger partial charge on any atom is 0.323 e. The van der Waals surface area contributed by atoms with Crippen LogP contribution in [-0.2, 0) is 9.53 Å². The molecule has 0 aliphatic carbocycles. The molecule has 0 aliphatic rings. The summed E-state index contributed by atoms with van der Waals surface area (Å²) in [5.41, 5.74) is 5.56. The molecule has 3 N–H and O–H groups in total. The zero-order valence-corrected chi connectivity index (χ0v) is 10.1. The van der Waals surface area contributed by atoms with E-state index in [1.54, 1.807) is 11.8 Å². The van der Waals surface area contributed by atoms with Crippen molar-refractivity contribution in [3.8, 4) is 0 Å². The lowest BCUT2D eigenvalue weighted by Crippen LogP contribution is -2.33. The van der Waals surface area contributed by atoms with Gasteiger partial charge in [-0.25, -0.2) is 0 Å². The lowest BCUT2D eigenvalue weighted by molar-refractivity contribution is -0.141. The molecular formula is C10H21NO3S. The number of hydrogen-bond donors (Lipinski definition) is 2. The molecule has 0 spiro atoms. The molecule has 15 heavy (non-hydrogen) atoms. The Labute approximate surface area is 95.6 Å². The number of carbonyl (C=O) groups is 1. The van der Waals surface area contributed by atoms with Gasteiger partial charge in [-0.1, -0.05) is 12.8 Å². The quantitative estimate of drug-likeness (QED) is 0.456. The molecule has 0 saturated carbocycles. The summed E-state index contributed by atoms with van der Waals surface area (Å²) in [6.07, 6.45) is 4.19.